The first-order valence-electron chi connectivity index (χ1n) is 9.43. The number of hydrogen-bond donors (Lipinski definition) is 0. The molecule has 0 radical (unpaired) electrons. The summed E-state index contributed by atoms with van der Waals surface area (Å²) in [5.74, 6) is 0.803. The van der Waals surface area contributed by atoms with Crippen molar-refractivity contribution in [2.75, 3.05) is 13.1 Å². The smallest absolute Gasteiger partial charge is 0.228 e. The lowest BCUT2D eigenvalue weighted by Crippen LogP contribution is -2.47. The molecule has 5 rings (SSSR count). The summed E-state index contributed by atoms with van der Waals surface area (Å²) in [7, 11) is 0. The summed E-state index contributed by atoms with van der Waals surface area (Å²) in [6, 6.07) is 5.62. The monoisotopic (exact) mass is 368 g/mol. The highest BCUT2D eigenvalue weighted by Gasteiger charge is 2.42. The molecule has 0 spiro atoms. The number of amides is 2. The van der Waals surface area contributed by atoms with E-state index >= 15 is 0 Å². The molecule has 3 fully saturated rings. The molecule has 2 bridgehead atoms. The number of hydrogen-bond acceptors (Lipinski definition) is 5. The van der Waals surface area contributed by atoms with Crippen LogP contribution in [0, 0.1) is 19.8 Å². The zero-order valence-corrected chi connectivity index (χ0v) is 15.7. The van der Waals surface area contributed by atoms with Gasteiger partial charge in [-0.15, -0.1) is 0 Å². The third kappa shape index (κ3) is 3.46. The Morgan fingerprint density at radius 1 is 1.26 bits per heavy atom. The fourth-order valence-corrected chi connectivity index (χ4v) is 4.12. The van der Waals surface area contributed by atoms with Crippen LogP contribution in [0.25, 0.3) is 0 Å². The second-order valence-electron chi connectivity index (χ2n) is 7.49. The number of fused-ring (bicyclic) bond motifs is 4. The van der Waals surface area contributed by atoms with Crippen molar-refractivity contribution in [2.45, 2.75) is 45.7 Å². The molecule has 2 atom stereocenters. The number of piperidine rings is 1. The lowest BCUT2D eigenvalue weighted by molar-refractivity contribution is -0.140. The number of rotatable bonds is 4. The van der Waals surface area contributed by atoms with Crippen molar-refractivity contribution < 1.29 is 14.1 Å². The van der Waals surface area contributed by atoms with Gasteiger partial charge >= 0.3 is 0 Å². The molecule has 3 aliphatic rings. The Balaban J connectivity index is 1.51. The number of carbonyl (C=O) groups excluding carboxylic acids is 2. The van der Waals surface area contributed by atoms with Gasteiger partial charge < -0.3 is 14.3 Å². The van der Waals surface area contributed by atoms with Crippen molar-refractivity contribution in [3.05, 3.63) is 47.1 Å². The van der Waals surface area contributed by atoms with Crippen molar-refractivity contribution in [1.82, 2.24) is 19.9 Å². The van der Waals surface area contributed by atoms with E-state index in [9.17, 15) is 9.59 Å². The molecule has 2 amide bonds. The minimum Gasteiger partial charge on any atom is -0.361 e. The van der Waals surface area contributed by atoms with Gasteiger partial charge in [0.1, 0.15) is 5.76 Å². The molecule has 7 heteroatoms. The Morgan fingerprint density at radius 3 is 2.81 bits per heavy atom. The Kier molecular flexibility index (Phi) is 4.68. The van der Waals surface area contributed by atoms with E-state index in [-0.39, 0.29) is 30.2 Å². The molecule has 7 nitrogen and oxygen atoms in total. The van der Waals surface area contributed by atoms with Crippen LogP contribution in [0.5, 0.6) is 0 Å². The molecule has 3 aliphatic heterocycles. The largest absolute Gasteiger partial charge is 0.361 e. The molecular formula is C20H24N4O3. The quantitative estimate of drug-likeness (QED) is 0.823. The van der Waals surface area contributed by atoms with Crippen LogP contribution in [-0.4, -0.2) is 50.9 Å². The molecule has 0 N–H and O–H groups in total. The predicted molar refractivity (Wildman–Crippen MR) is 97.6 cm³/mol. The molecular weight excluding hydrogens is 344 g/mol. The van der Waals surface area contributed by atoms with E-state index in [0.29, 0.717) is 19.6 Å². The number of aryl methyl sites for hydroxylation is 2. The zero-order valence-electron chi connectivity index (χ0n) is 15.7. The third-order valence-electron chi connectivity index (χ3n) is 5.71. The van der Waals surface area contributed by atoms with E-state index in [2.05, 4.69) is 10.1 Å². The van der Waals surface area contributed by atoms with Gasteiger partial charge in [-0.05, 0) is 38.8 Å². The van der Waals surface area contributed by atoms with Crippen LogP contribution in [0.3, 0.4) is 0 Å². The average Bonchev–Trinajstić information content (AvgIpc) is 2.84. The topological polar surface area (TPSA) is 79.5 Å². The lowest BCUT2D eigenvalue weighted by Gasteiger charge is -2.35. The van der Waals surface area contributed by atoms with E-state index < -0.39 is 0 Å². The van der Waals surface area contributed by atoms with Crippen LogP contribution in [0.15, 0.2) is 28.9 Å². The zero-order chi connectivity index (χ0) is 19.0. The molecule has 3 saturated heterocycles. The van der Waals surface area contributed by atoms with E-state index in [1.165, 1.54) is 0 Å². The van der Waals surface area contributed by atoms with Gasteiger partial charge in [0, 0.05) is 36.6 Å². The summed E-state index contributed by atoms with van der Waals surface area (Å²) < 4.78 is 5.25. The fourth-order valence-electron chi connectivity index (χ4n) is 4.12. The van der Waals surface area contributed by atoms with Crippen LogP contribution < -0.4 is 0 Å². The number of aromatic nitrogens is 2. The molecule has 5 heterocycles. The molecule has 0 aliphatic carbocycles. The van der Waals surface area contributed by atoms with Crippen LogP contribution in [0.1, 0.15) is 35.6 Å². The van der Waals surface area contributed by atoms with Gasteiger partial charge in [-0.25, -0.2) is 0 Å². The molecule has 27 heavy (non-hydrogen) atoms. The number of nitrogens with zero attached hydrogens (tertiary/aromatic N) is 4. The molecule has 142 valence electrons. The minimum atomic E-state index is -0.128. The average molecular weight is 368 g/mol. The Bertz CT molecular complexity index is 829. The van der Waals surface area contributed by atoms with E-state index in [1.807, 2.05) is 41.8 Å². The van der Waals surface area contributed by atoms with Gasteiger partial charge in [0.05, 0.1) is 24.6 Å². The molecule has 2 aromatic rings. The summed E-state index contributed by atoms with van der Waals surface area (Å²) >= 11 is 0. The SMILES string of the molecule is Cc1noc(C)c1CN1C(=O)[C@H]2CC[C@@H]1CN(C(=O)Cc1ccccn1)C2. The molecule has 0 unspecified atom stereocenters. The van der Waals surface area contributed by atoms with Crippen molar-refractivity contribution in [3.8, 4) is 0 Å². The van der Waals surface area contributed by atoms with E-state index in [4.69, 9.17) is 4.52 Å². The van der Waals surface area contributed by atoms with Crippen molar-refractivity contribution in [1.29, 1.82) is 0 Å². The Morgan fingerprint density at radius 2 is 2.11 bits per heavy atom. The van der Waals surface area contributed by atoms with Gasteiger partial charge in [-0.2, -0.15) is 0 Å². The summed E-state index contributed by atoms with van der Waals surface area (Å²) in [6.45, 7) is 5.35. The predicted octanol–water partition coefficient (Wildman–Crippen LogP) is 1.88. The normalized spacial score (nSPS) is 22.2. The van der Waals surface area contributed by atoms with Gasteiger partial charge in [-0.1, -0.05) is 11.2 Å². The molecule has 2 aromatic heterocycles. The summed E-state index contributed by atoms with van der Waals surface area (Å²) in [4.78, 5) is 33.8. The highest BCUT2D eigenvalue weighted by atomic mass is 16.5. The van der Waals surface area contributed by atoms with Gasteiger partial charge in [-0.3, -0.25) is 14.6 Å². The van der Waals surface area contributed by atoms with Crippen molar-refractivity contribution >= 4 is 11.8 Å². The summed E-state index contributed by atoms with van der Waals surface area (Å²) in [5.41, 5.74) is 2.56. The number of carbonyl (C=O) groups is 2. The van der Waals surface area contributed by atoms with Gasteiger partial charge in [0.15, 0.2) is 0 Å². The van der Waals surface area contributed by atoms with Gasteiger partial charge in [0.25, 0.3) is 0 Å². The van der Waals surface area contributed by atoms with Crippen LogP contribution >= 0.6 is 0 Å². The highest BCUT2D eigenvalue weighted by Crippen LogP contribution is 2.31. The first-order chi connectivity index (χ1) is 13.0. The van der Waals surface area contributed by atoms with Crippen molar-refractivity contribution in [3.63, 3.8) is 0 Å². The molecule has 0 aromatic carbocycles. The third-order valence-corrected chi connectivity index (χ3v) is 5.71. The van der Waals surface area contributed by atoms with Gasteiger partial charge in [0.2, 0.25) is 11.8 Å². The first-order valence-corrected chi connectivity index (χ1v) is 9.43. The maximum atomic E-state index is 13.0. The van der Waals surface area contributed by atoms with Crippen LogP contribution in [0.2, 0.25) is 0 Å². The Labute approximate surface area is 158 Å². The number of pyridine rings is 1. The van der Waals surface area contributed by atoms with Crippen LogP contribution in [-0.2, 0) is 22.6 Å². The van der Waals surface area contributed by atoms with Crippen LogP contribution in [0.4, 0.5) is 0 Å². The Hall–Kier alpha value is -2.70. The maximum absolute atomic E-state index is 13.0. The first kappa shape index (κ1) is 17.7. The second-order valence-corrected chi connectivity index (χ2v) is 7.49. The van der Waals surface area contributed by atoms with E-state index in [0.717, 1.165) is 35.6 Å². The fraction of sp³-hybridized carbons (Fsp3) is 0.500. The minimum absolute atomic E-state index is 0.0394. The van der Waals surface area contributed by atoms with E-state index in [1.54, 1.807) is 6.20 Å². The lowest BCUT2D eigenvalue weighted by atomic mass is 9.93. The second kappa shape index (κ2) is 7.13. The summed E-state index contributed by atoms with van der Waals surface area (Å²) in [6.07, 6.45) is 3.74. The highest BCUT2D eigenvalue weighted by molar-refractivity contribution is 5.83. The van der Waals surface area contributed by atoms with Crippen molar-refractivity contribution in [2.24, 2.45) is 5.92 Å². The molecule has 0 saturated carbocycles. The summed E-state index contributed by atoms with van der Waals surface area (Å²) in [5, 5.41) is 4.00. The maximum Gasteiger partial charge on any atom is 0.228 e. The standard InChI is InChI=1S/C20H24N4O3/c1-13-18(14(2)27-22-13)12-24-17-7-6-15(20(24)26)10-23(11-17)19(25)9-16-5-3-4-8-21-16/h3-5,8,15,17H,6-7,9-12H2,1-2H3/t15-,17+/m0/s1.